The van der Waals surface area contributed by atoms with Crippen LogP contribution in [0.2, 0.25) is 0 Å². The molecule has 2 heterocycles. The molecule has 1 aromatic carbocycles. The van der Waals surface area contributed by atoms with E-state index in [1.807, 2.05) is 34.8 Å². The fourth-order valence-electron chi connectivity index (χ4n) is 3.48. The van der Waals surface area contributed by atoms with E-state index in [9.17, 15) is 4.79 Å². The standard InChI is InChI=1S/C19H27N3O2S/c1-4-8-22(14(2)3)15-11-17-16(6-5-7-18(17)24-12-15)19(23)20-21-9-10-25-13-21/h5-7,9-10,14-15H,4,8,11-13H2,1-3H3,(H,20,23)/t15-/m1/s1. The topological polar surface area (TPSA) is 44.8 Å². The summed E-state index contributed by atoms with van der Waals surface area (Å²) in [4.78, 5) is 15.2. The van der Waals surface area contributed by atoms with Crippen LogP contribution >= 0.6 is 11.8 Å². The molecule has 3 rings (SSSR count). The minimum Gasteiger partial charge on any atom is -0.492 e. The number of thioether (sulfide) groups is 1. The van der Waals surface area contributed by atoms with Crippen LogP contribution < -0.4 is 10.2 Å². The molecule has 1 aromatic rings. The molecule has 2 aliphatic heterocycles. The number of hydrazine groups is 1. The Kier molecular flexibility index (Phi) is 5.91. The van der Waals surface area contributed by atoms with Gasteiger partial charge in [-0.1, -0.05) is 13.0 Å². The lowest BCUT2D eigenvalue weighted by Crippen LogP contribution is -2.47. The first-order chi connectivity index (χ1) is 12.1. The van der Waals surface area contributed by atoms with E-state index >= 15 is 0 Å². The van der Waals surface area contributed by atoms with E-state index in [1.54, 1.807) is 11.8 Å². The van der Waals surface area contributed by atoms with Crippen LogP contribution in [-0.2, 0) is 6.42 Å². The molecule has 0 bridgehead atoms. The second-order valence-corrected chi connectivity index (χ2v) is 7.64. The summed E-state index contributed by atoms with van der Waals surface area (Å²) in [6.07, 6.45) is 3.85. The van der Waals surface area contributed by atoms with Crippen LogP contribution in [0.3, 0.4) is 0 Å². The Morgan fingerprint density at radius 1 is 1.48 bits per heavy atom. The smallest absolute Gasteiger partial charge is 0.270 e. The quantitative estimate of drug-likeness (QED) is 0.843. The number of nitrogens with zero attached hydrogens (tertiary/aromatic N) is 2. The third-order valence-electron chi connectivity index (χ3n) is 4.66. The third kappa shape index (κ3) is 4.12. The average Bonchev–Trinajstić information content (AvgIpc) is 3.11. The summed E-state index contributed by atoms with van der Waals surface area (Å²) in [5.74, 6) is 1.52. The molecule has 25 heavy (non-hydrogen) atoms. The first-order valence-corrected chi connectivity index (χ1v) is 10.0. The number of rotatable bonds is 6. The zero-order chi connectivity index (χ0) is 17.8. The molecule has 0 spiro atoms. The minimum atomic E-state index is -0.0696. The molecule has 0 aliphatic carbocycles. The van der Waals surface area contributed by atoms with E-state index in [-0.39, 0.29) is 5.91 Å². The van der Waals surface area contributed by atoms with Gasteiger partial charge < -0.3 is 4.74 Å². The monoisotopic (exact) mass is 361 g/mol. The summed E-state index contributed by atoms with van der Waals surface area (Å²) in [6, 6.07) is 6.53. The number of hydrogen-bond acceptors (Lipinski definition) is 5. The van der Waals surface area contributed by atoms with Gasteiger partial charge in [-0.25, -0.2) is 0 Å². The summed E-state index contributed by atoms with van der Waals surface area (Å²) in [5, 5.41) is 3.79. The van der Waals surface area contributed by atoms with Gasteiger partial charge in [-0.15, -0.1) is 11.8 Å². The maximum atomic E-state index is 12.7. The highest BCUT2D eigenvalue weighted by Crippen LogP contribution is 2.30. The summed E-state index contributed by atoms with van der Waals surface area (Å²) < 4.78 is 6.02. The van der Waals surface area contributed by atoms with Crippen molar-refractivity contribution in [2.75, 3.05) is 19.0 Å². The number of ether oxygens (including phenoxy) is 1. The fourth-order valence-corrected chi connectivity index (χ4v) is 4.11. The van der Waals surface area contributed by atoms with Crippen molar-refractivity contribution in [3.05, 3.63) is 40.9 Å². The first kappa shape index (κ1) is 18.1. The Bertz CT molecular complexity index is 648. The third-order valence-corrected chi connectivity index (χ3v) is 5.40. The molecule has 0 saturated heterocycles. The number of carbonyl (C=O) groups excluding carboxylic acids is 1. The van der Waals surface area contributed by atoms with Crippen molar-refractivity contribution in [1.29, 1.82) is 0 Å². The number of carbonyl (C=O) groups is 1. The van der Waals surface area contributed by atoms with Crippen molar-refractivity contribution in [2.45, 2.75) is 45.7 Å². The van der Waals surface area contributed by atoms with Crippen LogP contribution in [0.15, 0.2) is 29.8 Å². The maximum Gasteiger partial charge on any atom is 0.270 e. The number of fused-ring (bicyclic) bond motifs is 1. The van der Waals surface area contributed by atoms with E-state index < -0.39 is 0 Å². The van der Waals surface area contributed by atoms with E-state index in [4.69, 9.17) is 4.74 Å². The second kappa shape index (κ2) is 8.15. The van der Waals surface area contributed by atoms with Crippen LogP contribution in [0.1, 0.15) is 43.1 Å². The highest BCUT2D eigenvalue weighted by Gasteiger charge is 2.29. The van der Waals surface area contributed by atoms with Crippen LogP contribution in [-0.4, -0.2) is 46.9 Å². The molecule has 1 atom stereocenters. The summed E-state index contributed by atoms with van der Waals surface area (Å²) in [7, 11) is 0. The van der Waals surface area contributed by atoms with Crippen molar-refractivity contribution in [3.63, 3.8) is 0 Å². The number of benzene rings is 1. The van der Waals surface area contributed by atoms with E-state index in [0.29, 0.717) is 24.3 Å². The number of amides is 1. The molecular weight excluding hydrogens is 334 g/mol. The highest BCUT2D eigenvalue weighted by molar-refractivity contribution is 8.02. The van der Waals surface area contributed by atoms with Gasteiger partial charge in [-0.3, -0.25) is 20.1 Å². The number of hydrogen-bond donors (Lipinski definition) is 1. The van der Waals surface area contributed by atoms with Crippen molar-refractivity contribution in [1.82, 2.24) is 15.3 Å². The Morgan fingerprint density at radius 2 is 2.32 bits per heavy atom. The van der Waals surface area contributed by atoms with E-state index in [1.165, 1.54) is 0 Å². The molecule has 1 N–H and O–H groups in total. The van der Waals surface area contributed by atoms with Crippen molar-refractivity contribution < 1.29 is 9.53 Å². The normalized spacial score (nSPS) is 19.2. The second-order valence-electron chi connectivity index (χ2n) is 6.77. The maximum absolute atomic E-state index is 12.7. The lowest BCUT2D eigenvalue weighted by Gasteiger charge is -2.38. The van der Waals surface area contributed by atoms with Gasteiger partial charge in [0.1, 0.15) is 12.4 Å². The van der Waals surface area contributed by atoms with Gasteiger partial charge in [0.25, 0.3) is 5.91 Å². The predicted molar refractivity (Wildman–Crippen MR) is 102 cm³/mol. The molecule has 0 aromatic heterocycles. The summed E-state index contributed by atoms with van der Waals surface area (Å²) in [6.45, 7) is 8.38. The molecule has 0 unspecified atom stereocenters. The SMILES string of the molecule is CCCN(C(C)C)[C@H]1COc2cccc(C(=O)NN3C=CSC3)c2C1. The van der Waals surface area contributed by atoms with Gasteiger partial charge in [0.15, 0.2) is 0 Å². The van der Waals surface area contributed by atoms with Gasteiger partial charge in [0.05, 0.1) is 5.88 Å². The Labute approximate surface area is 154 Å². The van der Waals surface area contributed by atoms with Crippen molar-refractivity contribution >= 4 is 17.7 Å². The van der Waals surface area contributed by atoms with Gasteiger partial charge in [0, 0.05) is 29.4 Å². The zero-order valence-electron chi connectivity index (χ0n) is 15.2. The first-order valence-electron chi connectivity index (χ1n) is 8.96. The fraction of sp³-hybridized carbons (Fsp3) is 0.526. The van der Waals surface area contributed by atoms with Crippen LogP contribution in [0.25, 0.3) is 0 Å². The lowest BCUT2D eigenvalue weighted by atomic mass is 9.95. The molecule has 5 nitrogen and oxygen atoms in total. The summed E-state index contributed by atoms with van der Waals surface area (Å²) in [5.41, 5.74) is 4.69. The Morgan fingerprint density at radius 3 is 3.00 bits per heavy atom. The molecule has 2 aliphatic rings. The zero-order valence-corrected chi connectivity index (χ0v) is 16.0. The van der Waals surface area contributed by atoms with Crippen LogP contribution in [0, 0.1) is 0 Å². The van der Waals surface area contributed by atoms with Crippen LogP contribution in [0.4, 0.5) is 0 Å². The van der Waals surface area contributed by atoms with E-state index in [2.05, 4.69) is 31.1 Å². The van der Waals surface area contributed by atoms with Gasteiger partial charge in [0.2, 0.25) is 0 Å². The molecule has 136 valence electrons. The van der Waals surface area contributed by atoms with E-state index in [0.717, 1.165) is 36.6 Å². The lowest BCUT2D eigenvalue weighted by molar-refractivity contribution is 0.0843. The molecule has 0 fully saturated rings. The largest absolute Gasteiger partial charge is 0.492 e. The summed E-state index contributed by atoms with van der Waals surface area (Å²) >= 11 is 1.66. The average molecular weight is 362 g/mol. The van der Waals surface area contributed by atoms with Crippen LogP contribution in [0.5, 0.6) is 5.75 Å². The number of nitrogens with one attached hydrogen (secondary N) is 1. The minimum absolute atomic E-state index is 0.0696. The van der Waals surface area contributed by atoms with Gasteiger partial charge >= 0.3 is 0 Å². The van der Waals surface area contributed by atoms with Gasteiger partial charge in [-0.2, -0.15) is 0 Å². The van der Waals surface area contributed by atoms with Crippen molar-refractivity contribution in [2.24, 2.45) is 0 Å². The molecule has 0 saturated carbocycles. The molecular formula is C19H27N3O2S. The van der Waals surface area contributed by atoms with Gasteiger partial charge in [-0.05, 0) is 50.8 Å². The molecule has 1 amide bonds. The predicted octanol–water partition coefficient (Wildman–Crippen LogP) is 3.23. The highest BCUT2D eigenvalue weighted by atomic mass is 32.2. The Hall–Kier alpha value is -1.66. The van der Waals surface area contributed by atoms with Crippen molar-refractivity contribution in [3.8, 4) is 5.75 Å². The molecule has 0 radical (unpaired) electrons. The Balaban J connectivity index is 1.80. The molecule has 6 heteroatoms.